The molecule has 0 unspecified atom stereocenters. The van der Waals surface area contributed by atoms with Gasteiger partial charge in [0.15, 0.2) is 0 Å². The highest BCUT2D eigenvalue weighted by molar-refractivity contribution is 6.39. The van der Waals surface area contributed by atoms with Gasteiger partial charge in [-0.3, -0.25) is 9.59 Å². The quantitative estimate of drug-likeness (QED) is 0.789. The summed E-state index contributed by atoms with van der Waals surface area (Å²) in [6, 6.07) is 5.67. The molecule has 1 aromatic rings. The zero-order chi connectivity index (χ0) is 13.7. The summed E-state index contributed by atoms with van der Waals surface area (Å²) < 4.78 is 0. The van der Waals surface area contributed by atoms with Crippen LogP contribution in [0.15, 0.2) is 18.2 Å². The van der Waals surface area contributed by atoms with E-state index in [4.69, 9.17) is 5.73 Å². The van der Waals surface area contributed by atoms with Crippen LogP contribution in [0.25, 0.3) is 0 Å². The van der Waals surface area contributed by atoms with Gasteiger partial charge in [0.1, 0.15) is 0 Å². The van der Waals surface area contributed by atoms with Gasteiger partial charge in [-0.15, -0.1) is 0 Å². The third-order valence-electron chi connectivity index (χ3n) is 2.81. The molecule has 0 radical (unpaired) electrons. The summed E-state index contributed by atoms with van der Waals surface area (Å²) in [7, 11) is 0. The van der Waals surface area contributed by atoms with Gasteiger partial charge in [-0.05, 0) is 44.5 Å². The van der Waals surface area contributed by atoms with Crippen molar-refractivity contribution in [3.05, 3.63) is 23.8 Å². The van der Waals surface area contributed by atoms with Crippen LogP contribution in [0, 0.1) is 6.92 Å². The summed E-state index contributed by atoms with van der Waals surface area (Å²) in [5, 5.41) is 2.48. The lowest BCUT2D eigenvalue weighted by atomic mass is 10.1. The zero-order valence-corrected chi connectivity index (χ0v) is 11.0. The highest BCUT2D eigenvalue weighted by Gasteiger charge is 2.11. The predicted molar refractivity (Wildman–Crippen MR) is 72.6 cm³/mol. The van der Waals surface area contributed by atoms with E-state index >= 15 is 0 Å². The molecule has 5 nitrogen and oxygen atoms in total. The average Bonchev–Trinajstić information content (AvgIpc) is 2.33. The molecular formula is C13H19N3O2. The fourth-order valence-electron chi connectivity index (χ4n) is 1.76. The number of amides is 2. The molecule has 18 heavy (non-hydrogen) atoms. The van der Waals surface area contributed by atoms with E-state index in [0.29, 0.717) is 5.69 Å². The summed E-state index contributed by atoms with van der Waals surface area (Å²) >= 11 is 0. The van der Waals surface area contributed by atoms with Crippen molar-refractivity contribution in [2.45, 2.75) is 20.8 Å². The number of primary amides is 1. The van der Waals surface area contributed by atoms with Gasteiger partial charge in [-0.25, -0.2) is 0 Å². The summed E-state index contributed by atoms with van der Waals surface area (Å²) in [4.78, 5) is 24.1. The van der Waals surface area contributed by atoms with Gasteiger partial charge in [-0.2, -0.15) is 0 Å². The Morgan fingerprint density at radius 2 is 1.89 bits per heavy atom. The van der Waals surface area contributed by atoms with Crippen LogP contribution in [0.5, 0.6) is 0 Å². The zero-order valence-electron chi connectivity index (χ0n) is 11.0. The van der Waals surface area contributed by atoms with Gasteiger partial charge in [0, 0.05) is 24.5 Å². The number of rotatable bonds is 4. The molecule has 0 aliphatic carbocycles. The second kappa shape index (κ2) is 6.05. The van der Waals surface area contributed by atoms with E-state index in [1.165, 1.54) is 0 Å². The number of carbonyl (C=O) groups is 2. The molecule has 0 aliphatic heterocycles. The molecule has 0 aliphatic rings. The van der Waals surface area contributed by atoms with Gasteiger partial charge in [0.25, 0.3) is 0 Å². The average molecular weight is 249 g/mol. The number of hydrogen-bond donors (Lipinski definition) is 2. The third kappa shape index (κ3) is 3.23. The highest BCUT2D eigenvalue weighted by atomic mass is 16.2. The van der Waals surface area contributed by atoms with E-state index < -0.39 is 11.8 Å². The Morgan fingerprint density at radius 3 is 2.33 bits per heavy atom. The Hall–Kier alpha value is -2.04. The van der Waals surface area contributed by atoms with Gasteiger partial charge >= 0.3 is 11.8 Å². The maximum atomic E-state index is 11.2. The Kier molecular flexibility index (Phi) is 4.71. The van der Waals surface area contributed by atoms with Crippen molar-refractivity contribution in [1.29, 1.82) is 0 Å². The molecule has 3 N–H and O–H groups in total. The fourth-order valence-corrected chi connectivity index (χ4v) is 1.76. The van der Waals surface area contributed by atoms with Crippen molar-refractivity contribution in [3.8, 4) is 0 Å². The molecule has 0 fully saturated rings. The van der Waals surface area contributed by atoms with Crippen LogP contribution in [0.3, 0.4) is 0 Å². The minimum atomic E-state index is -0.984. The van der Waals surface area contributed by atoms with Crippen LogP contribution in [-0.4, -0.2) is 24.9 Å². The highest BCUT2D eigenvalue weighted by Crippen LogP contribution is 2.22. The first-order valence-corrected chi connectivity index (χ1v) is 5.96. The number of benzene rings is 1. The number of aryl methyl sites for hydroxylation is 1. The van der Waals surface area contributed by atoms with Crippen molar-refractivity contribution in [2.75, 3.05) is 23.3 Å². The molecule has 5 heteroatoms. The van der Waals surface area contributed by atoms with Gasteiger partial charge in [-0.1, -0.05) is 0 Å². The minimum Gasteiger partial charge on any atom is -0.372 e. The van der Waals surface area contributed by atoms with E-state index in [-0.39, 0.29) is 0 Å². The van der Waals surface area contributed by atoms with Crippen LogP contribution in [0.1, 0.15) is 19.4 Å². The van der Waals surface area contributed by atoms with E-state index in [1.807, 2.05) is 19.1 Å². The molecule has 2 amide bonds. The van der Waals surface area contributed by atoms with Crippen molar-refractivity contribution in [2.24, 2.45) is 5.73 Å². The molecule has 0 heterocycles. The summed E-state index contributed by atoms with van der Waals surface area (Å²) in [6.07, 6.45) is 0. The Labute approximate surface area is 107 Å². The maximum absolute atomic E-state index is 11.2. The summed E-state index contributed by atoms with van der Waals surface area (Å²) in [5.74, 6) is -1.78. The Bertz CT molecular complexity index is 454. The maximum Gasteiger partial charge on any atom is 0.313 e. The SMILES string of the molecule is CCN(CC)c1ccc(NC(=O)C(N)=O)c(C)c1. The lowest BCUT2D eigenvalue weighted by Crippen LogP contribution is -2.29. The summed E-state index contributed by atoms with van der Waals surface area (Å²) in [6.45, 7) is 7.89. The Morgan fingerprint density at radius 1 is 1.28 bits per heavy atom. The molecule has 1 aromatic carbocycles. The van der Waals surface area contributed by atoms with Crippen LogP contribution >= 0.6 is 0 Å². The third-order valence-corrected chi connectivity index (χ3v) is 2.81. The van der Waals surface area contributed by atoms with E-state index in [0.717, 1.165) is 24.3 Å². The van der Waals surface area contributed by atoms with Crippen LogP contribution in [0.2, 0.25) is 0 Å². The molecule has 0 saturated heterocycles. The van der Waals surface area contributed by atoms with E-state index in [1.54, 1.807) is 6.07 Å². The minimum absolute atomic E-state index is 0.606. The van der Waals surface area contributed by atoms with Gasteiger partial charge in [0.05, 0.1) is 0 Å². The lowest BCUT2D eigenvalue weighted by molar-refractivity contribution is -0.134. The van der Waals surface area contributed by atoms with Crippen LogP contribution in [0.4, 0.5) is 11.4 Å². The monoisotopic (exact) mass is 249 g/mol. The molecule has 0 spiro atoms. The fraction of sp³-hybridized carbons (Fsp3) is 0.385. The molecule has 0 bridgehead atoms. The number of anilines is 2. The Balaban J connectivity index is 2.92. The molecule has 0 atom stereocenters. The number of carbonyl (C=O) groups excluding carboxylic acids is 2. The molecule has 0 saturated carbocycles. The van der Waals surface area contributed by atoms with Crippen LogP contribution in [-0.2, 0) is 9.59 Å². The number of hydrogen-bond acceptors (Lipinski definition) is 3. The van der Waals surface area contributed by atoms with Crippen molar-refractivity contribution >= 4 is 23.2 Å². The first-order valence-electron chi connectivity index (χ1n) is 5.96. The second-order valence-electron chi connectivity index (χ2n) is 3.99. The first kappa shape index (κ1) is 14.0. The number of nitrogens with zero attached hydrogens (tertiary/aromatic N) is 1. The normalized spacial score (nSPS) is 9.94. The number of nitrogens with one attached hydrogen (secondary N) is 1. The first-order chi connectivity index (χ1) is 8.49. The van der Waals surface area contributed by atoms with Crippen molar-refractivity contribution in [3.63, 3.8) is 0 Å². The smallest absolute Gasteiger partial charge is 0.313 e. The van der Waals surface area contributed by atoms with Crippen LogP contribution < -0.4 is 16.0 Å². The molecule has 1 rings (SSSR count). The lowest BCUT2D eigenvalue weighted by Gasteiger charge is -2.22. The predicted octanol–water partition coefficient (Wildman–Crippen LogP) is 1.27. The largest absolute Gasteiger partial charge is 0.372 e. The molecule has 0 aromatic heterocycles. The van der Waals surface area contributed by atoms with Crippen molar-refractivity contribution in [1.82, 2.24) is 0 Å². The molecule has 98 valence electrons. The van der Waals surface area contributed by atoms with Gasteiger partial charge < -0.3 is 16.0 Å². The van der Waals surface area contributed by atoms with E-state index in [2.05, 4.69) is 24.1 Å². The van der Waals surface area contributed by atoms with Gasteiger partial charge in [0.2, 0.25) is 0 Å². The van der Waals surface area contributed by atoms with E-state index in [9.17, 15) is 9.59 Å². The second-order valence-corrected chi connectivity index (χ2v) is 3.99. The molecular weight excluding hydrogens is 230 g/mol. The topological polar surface area (TPSA) is 75.4 Å². The number of nitrogens with two attached hydrogens (primary N) is 1. The summed E-state index contributed by atoms with van der Waals surface area (Å²) in [5.41, 5.74) is 7.49. The standard InChI is InChI=1S/C13H19N3O2/c1-4-16(5-2)10-6-7-11(9(3)8-10)15-13(18)12(14)17/h6-8H,4-5H2,1-3H3,(H2,14,17)(H,15,18). The van der Waals surface area contributed by atoms with Crippen molar-refractivity contribution < 1.29 is 9.59 Å².